The van der Waals surface area contributed by atoms with E-state index in [1.165, 1.54) is 37.3 Å². The standard InChI is InChI=1S/C16H30N4/c1-4-6-9-20-13-15(5-2)18-16(20)19-10-7-14(8-11-19)12-17-3/h13-14,17H,4-12H2,1-3H3. The number of aryl methyl sites for hydroxylation is 2. The van der Waals surface area contributed by atoms with Gasteiger partial charge in [0.1, 0.15) is 0 Å². The Morgan fingerprint density at radius 3 is 2.65 bits per heavy atom. The van der Waals surface area contributed by atoms with Crippen molar-refractivity contribution in [2.45, 2.75) is 52.5 Å². The summed E-state index contributed by atoms with van der Waals surface area (Å²) in [4.78, 5) is 7.34. The van der Waals surface area contributed by atoms with Crippen molar-refractivity contribution in [3.8, 4) is 0 Å². The van der Waals surface area contributed by atoms with Crippen LogP contribution in [0.5, 0.6) is 0 Å². The van der Waals surface area contributed by atoms with Gasteiger partial charge >= 0.3 is 0 Å². The molecule has 0 bridgehead atoms. The maximum Gasteiger partial charge on any atom is 0.205 e. The van der Waals surface area contributed by atoms with Gasteiger partial charge in [0.25, 0.3) is 0 Å². The molecular weight excluding hydrogens is 248 g/mol. The van der Waals surface area contributed by atoms with E-state index < -0.39 is 0 Å². The molecule has 2 rings (SSSR count). The fourth-order valence-electron chi connectivity index (χ4n) is 3.00. The molecule has 1 aliphatic rings. The fourth-order valence-corrected chi connectivity index (χ4v) is 3.00. The summed E-state index contributed by atoms with van der Waals surface area (Å²) in [7, 11) is 2.05. The molecule has 4 heteroatoms. The first-order valence-corrected chi connectivity index (χ1v) is 8.24. The quantitative estimate of drug-likeness (QED) is 0.832. The monoisotopic (exact) mass is 278 g/mol. The molecule has 0 saturated carbocycles. The molecule has 0 aromatic carbocycles. The van der Waals surface area contributed by atoms with E-state index in [4.69, 9.17) is 4.98 Å². The molecule has 4 nitrogen and oxygen atoms in total. The molecule has 0 spiro atoms. The Labute approximate surface area is 123 Å². The second-order valence-corrected chi connectivity index (χ2v) is 5.92. The van der Waals surface area contributed by atoms with Crippen LogP contribution in [0.2, 0.25) is 0 Å². The first-order valence-electron chi connectivity index (χ1n) is 8.24. The third-order valence-electron chi connectivity index (χ3n) is 4.31. The van der Waals surface area contributed by atoms with E-state index in [9.17, 15) is 0 Å². The van der Waals surface area contributed by atoms with E-state index >= 15 is 0 Å². The molecule has 0 atom stereocenters. The Kier molecular flexibility index (Phi) is 5.89. The summed E-state index contributed by atoms with van der Waals surface area (Å²) in [5, 5.41) is 3.31. The Morgan fingerprint density at radius 1 is 1.30 bits per heavy atom. The minimum atomic E-state index is 0.834. The van der Waals surface area contributed by atoms with Crippen LogP contribution in [0.3, 0.4) is 0 Å². The molecule has 1 saturated heterocycles. The maximum absolute atomic E-state index is 4.85. The predicted octanol–water partition coefficient (Wildman–Crippen LogP) is 2.68. The summed E-state index contributed by atoms with van der Waals surface area (Å²) in [6.45, 7) is 9.00. The van der Waals surface area contributed by atoms with Crippen molar-refractivity contribution >= 4 is 5.95 Å². The Bertz CT molecular complexity index is 391. The van der Waals surface area contributed by atoms with Gasteiger partial charge in [0.05, 0.1) is 5.69 Å². The minimum Gasteiger partial charge on any atom is -0.342 e. The second-order valence-electron chi connectivity index (χ2n) is 5.92. The predicted molar refractivity (Wildman–Crippen MR) is 85.4 cm³/mol. The summed E-state index contributed by atoms with van der Waals surface area (Å²) in [6, 6.07) is 0. The van der Waals surface area contributed by atoms with Gasteiger partial charge in [-0.15, -0.1) is 0 Å². The van der Waals surface area contributed by atoms with E-state index in [1.54, 1.807) is 0 Å². The van der Waals surface area contributed by atoms with Crippen LogP contribution in [0.15, 0.2) is 6.20 Å². The van der Waals surface area contributed by atoms with Gasteiger partial charge in [-0.05, 0) is 45.2 Å². The van der Waals surface area contributed by atoms with E-state index in [2.05, 4.69) is 41.9 Å². The van der Waals surface area contributed by atoms with Crippen molar-refractivity contribution in [1.82, 2.24) is 14.9 Å². The highest BCUT2D eigenvalue weighted by Gasteiger charge is 2.22. The summed E-state index contributed by atoms with van der Waals surface area (Å²) < 4.78 is 2.38. The zero-order chi connectivity index (χ0) is 14.4. The molecule has 20 heavy (non-hydrogen) atoms. The van der Waals surface area contributed by atoms with Crippen molar-refractivity contribution in [2.75, 3.05) is 31.6 Å². The number of nitrogens with one attached hydrogen (secondary N) is 1. The molecule has 1 aliphatic heterocycles. The maximum atomic E-state index is 4.85. The number of rotatable bonds is 7. The van der Waals surface area contributed by atoms with Crippen LogP contribution in [0.4, 0.5) is 5.95 Å². The fraction of sp³-hybridized carbons (Fsp3) is 0.812. The van der Waals surface area contributed by atoms with Crippen LogP contribution in [-0.4, -0.2) is 36.2 Å². The van der Waals surface area contributed by atoms with Crippen LogP contribution in [0.1, 0.15) is 45.2 Å². The van der Waals surface area contributed by atoms with Crippen molar-refractivity contribution in [3.05, 3.63) is 11.9 Å². The number of nitrogens with zero attached hydrogens (tertiary/aromatic N) is 3. The number of imidazole rings is 1. The first kappa shape index (κ1) is 15.4. The molecule has 0 aliphatic carbocycles. The molecular formula is C16H30N4. The normalized spacial score (nSPS) is 16.9. The van der Waals surface area contributed by atoms with E-state index in [0.29, 0.717) is 0 Å². The van der Waals surface area contributed by atoms with Gasteiger partial charge in [-0.25, -0.2) is 4.98 Å². The molecule has 1 fully saturated rings. The van der Waals surface area contributed by atoms with Crippen molar-refractivity contribution < 1.29 is 0 Å². The largest absolute Gasteiger partial charge is 0.342 e. The van der Waals surface area contributed by atoms with Crippen LogP contribution >= 0.6 is 0 Å². The smallest absolute Gasteiger partial charge is 0.205 e. The van der Waals surface area contributed by atoms with Gasteiger partial charge in [0, 0.05) is 25.8 Å². The molecule has 0 radical (unpaired) electrons. The van der Waals surface area contributed by atoms with E-state index in [-0.39, 0.29) is 0 Å². The zero-order valence-corrected chi connectivity index (χ0v) is 13.4. The van der Waals surface area contributed by atoms with Crippen LogP contribution in [-0.2, 0) is 13.0 Å². The van der Waals surface area contributed by atoms with Crippen molar-refractivity contribution in [1.29, 1.82) is 0 Å². The van der Waals surface area contributed by atoms with E-state index in [1.807, 2.05) is 0 Å². The van der Waals surface area contributed by atoms with Crippen LogP contribution < -0.4 is 10.2 Å². The minimum absolute atomic E-state index is 0.834. The molecule has 114 valence electrons. The number of unbranched alkanes of at least 4 members (excludes halogenated alkanes) is 1. The highest BCUT2D eigenvalue weighted by Crippen LogP contribution is 2.23. The van der Waals surface area contributed by atoms with Crippen LogP contribution in [0, 0.1) is 5.92 Å². The molecule has 1 N–H and O–H groups in total. The Hall–Kier alpha value is -1.03. The van der Waals surface area contributed by atoms with Gasteiger partial charge in [0.2, 0.25) is 5.95 Å². The Balaban J connectivity index is 2.02. The summed E-state index contributed by atoms with van der Waals surface area (Å²) in [5.41, 5.74) is 1.23. The third-order valence-corrected chi connectivity index (χ3v) is 4.31. The third kappa shape index (κ3) is 3.75. The second kappa shape index (κ2) is 7.67. The first-order chi connectivity index (χ1) is 9.78. The van der Waals surface area contributed by atoms with Gasteiger partial charge in [-0.3, -0.25) is 0 Å². The van der Waals surface area contributed by atoms with E-state index in [0.717, 1.165) is 38.5 Å². The van der Waals surface area contributed by atoms with Gasteiger partial charge in [-0.2, -0.15) is 0 Å². The SMILES string of the molecule is CCCCn1cc(CC)nc1N1CCC(CNC)CC1. The molecule has 2 heterocycles. The summed E-state index contributed by atoms with van der Waals surface area (Å²) in [5.74, 6) is 2.04. The molecule has 0 unspecified atom stereocenters. The number of aromatic nitrogens is 2. The van der Waals surface area contributed by atoms with Crippen LogP contribution in [0.25, 0.3) is 0 Å². The number of anilines is 1. The topological polar surface area (TPSA) is 33.1 Å². The molecule has 1 aromatic heterocycles. The lowest BCUT2D eigenvalue weighted by Crippen LogP contribution is -2.38. The summed E-state index contributed by atoms with van der Waals surface area (Å²) >= 11 is 0. The van der Waals surface area contributed by atoms with Crippen molar-refractivity contribution in [3.63, 3.8) is 0 Å². The van der Waals surface area contributed by atoms with Gasteiger partial charge < -0.3 is 14.8 Å². The number of hydrogen-bond acceptors (Lipinski definition) is 3. The molecule has 1 aromatic rings. The highest BCUT2D eigenvalue weighted by molar-refractivity contribution is 5.34. The van der Waals surface area contributed by atoms with Crippen molar-refractivity contribution in [2.24, 2.45) is 5.92 Å². The summed E-state index contributed by atoms with van der Waals surface area (Å²) in [6.07, 6.45) is 8.32. The molecule has 0 amide bonds. The number of hydrogen-bond donors (Lipinski definition) is 1. The highest BCUT2D eigenvalue weighted by atomic mass is 15.3. The van der Waals surface area contributed by atoms with Gasteiger partial charge in [-0.1, -0.05) is 20.3 Å². The lowest BCUT2D eigenvalue weighted by atomic mass is 9.97. The lowest BCUT2D eigenvalue weighted by molar-refractivity contribution is 0.388. The zero-order valence-electron chi connectivity index (χ0n) is 13.4. The average Bonchev–Trinajstić information content (AvgIpc) is 2.89. The lowest BCUT2D eigenvalue weighted by Gasteiger charge is -2.33. The number of piperidine rings is 1. The average molecular weight is 278 g/mol. The Morgan fingerprint density at radius 2 is 2.05 bits per heavy atom. The van der Waals surface area contributed by atoms with Gasteiger partial charge in [0.15, 0.2) is 0 Å².